The molecule has 0 aromatic heterocycles. The average molecular weight is 213 g/mol. The van der Waals surface area contributed by atoms with Crippen LogP contribution in [0.1, 0.15) is 6.92 Å². The zero-order chi connectivity index (χ0) is 11.3. The lowest BCUT2D eigenvalue weighted by molar-refractivity contribution is -0.168. The van der Waals surface area contributed by atoms with Gasteiger partial charge in [-0.1, -0.05) is 5.11 Å². The van der Waals surface area contributed by atoms with Crippen molar-refractivity contribution in [3.05, 3.63) is 23.3 Å². The fraction of sp³-hybridized carbons (Fsp3) is 0.625. The molecule has 1 fully saturated rings. The summed E-state index contributed by atoms with van der Waals surface area (Å²) in [5.74, 6) is -0.418. The van der Waals surface area contributed by atoms with Crippen molar-refractivity contribution in [2.24, 2.45) is 5.11 Å². The second-order valence-corrected chi connectivity index (χ2v) is 2.95. The van der Waals surface area contributed by atoms with E-state index in [9.17, 15) is 9.90 Å². The molecule has 0 spiro atoms. The third-order valence-electron chi connectivity index (χ3n) is 1.77. The monoisotopic (exact) mass is 213 g/mol. The van der Waals surface area contributed by atoms with Gasteiger partial charge in [0.15, 0.2) is 6.29 Å². The number of carbonyl (C=O) groups excluding carboxylic acids is 1. The number of ether oxygens (including phenoxy) is 2. The molecule has 3 atom stereocenters. The number of aliphatic hydroxyl groups is 1. The maximum atomic E-state index is 10.5. The molecule has 0 aliphatic carbocycles. The normalized spacial score (nSPS) is 30.4. The van der Waals surface area contributed by atoms with Crippen molar-refractivity contribution >= 4 is 5.97 Å². The van der Waals surface area contributed by atoms with E-state index in [4.69, 9.17) is 15.0 Å². The number of rotatable bonds is 3. The maximum Gasteiger partial charge on any atom is 0.302 e. The molecule has 0 aromatic rings. The van der Waals surface area contributed by atoms with Crippen LogP contribution in [0.5, 0.6) is 0 Å². The minimum atomic E-state index is -1.20. The minimum Gasteiger partial charge on any atom is -0.463 e. The first-order valence-corrected chi connectivity index (χ1v) is 4.33. The Morgan fingerprint density at radius 2 is 2.47 bits per heavy atom. The van der Waals surface area contributed by atoms with Crippen LogP contribution < -0.4 is 0 Å². The Morgan fingerprint density at radius 3 is 3.00 bits per heavy atom. The second-order valence-electron chi connectivity index (χ2n) is 2.95. The molecule has 1 aliphatic heterocycles. The molecule has 1 saturated heterocycles. The fourth-order valence-electron chi connectivity index (χ4n) is 1.09. The van der Waals surface area contributed by atoms with Gasteiger partial charge in [-0.2, -0.15) is 0 Å². The summed E-state index contributed by atoms with van der Waals surface area (Å²) < 4.78 is 9.72. The van der Waals surface area contributed by atoms with Crippen molar-refractivity contribution in [2.45, 2.75) is 25.4 Å². The third-order valence-corrected chi connectivity index (χ3v) is 1.77. The number of esters is 1. The van der Waals surface area contributed by atoms with Gasteiger partial charge >= 0.3 is 5.97 Å². The van der Waals surface area contributed by atoms with Gasteiger partial charge in [0, 0.05) is 11.8 Å². The summed E-state index contributed by atoms with van der Waals surface area (Å²) in [6, 6.07) is -0.733. The van der Waals surface area contributed by atoms with Crippen LogP contribution in [0.4, 0.5) is 0 Å². The largest absolute Gasteiger partial charge is 0.463 e. The Balaban J connectivity index is 2.36. The van der Waals surface area contributed by atoms with E-state index in [0.29, 0.717) is 0 Å². The van der Waals surface area contributed by atoms with Crippen molar-refractivity contribution in [3.8, 4) is 0 Å². The second kappa shape index (κ2) is 5.55. The summed E-state index contributed by atoms with van der Waals surface area (Å²) >= 11 is 0. The molecular weight excluding hydrogens is 202 g/mol. The van der Waals surface area contributed by atoms with Crippen LogP contribution >= 0.6 is 0 Å². The average Bonchev–Trinajstić information content (AvgIpc) is 2.19. The number of carbonyl (C=O) groups is 1. The Morgan fingerprint density at radius 1 is 1.73 bits per heavy atom. The number of hydrogen-bond donors (Lipinski definition) is 1. The summed E-state index contributed by atoms with van der Waals surface area (Å²) in [7, 11) is 0. The molecular formula is C8H11N3O4. The van der Waals surface area contributed by atoms with Crippen molar-refractivity contribution in [2.75, 3.05) is 6.61 Å². The fourth-order valence-corrected chi connectivity index (χ4v) is 1.09. The molecule has 1 heterocycles. The van der Waals surface area contributed by atoms with E-state index in [1.807, 2.05) is 0 Å². The van der Waals surface area contributed by atoms with Crippen LogP contribution in [-0.4, -0.2) is 36.1 Å². The van der Waals surface area contributed by atoms with Gasteiger partial charge in [-0.25, -0.2) is 0 Å². The SMILES string of the molecule is CC(=O)OC[C@H]1[CH][CH][C@@H](N=[N+]=[N-])C(O)O1. The van der Waals surface area contributed by atoms with Gasteiger partial charge in [0.1, 0.15) is 6.61 Å². The first kappa shape index (κ1) is 11.8. The maximum absolute atomic E-state index is 10.5. The standard InChI is InChI=1S/C8H11N3O4/c1-5(12)14-4-6-2-3-7(10-11-9)8(13)15-6/h2-3,6-8,13H,4H2,1H3/t6-,7-,8?/m1/s1. The molecule has 1 rings (SSSR count). The lowest BCUT2D eigenvalue weighted by Gasteiger charge is -2.30. The van der Waals surface area contributed by atoms with E-state index < -0.39 is 24.4 Å². The highest BCUT2D eigenvalue weighted by Gasteiger charge is 2.29. The van der Waals surface area contributed by atoms with Crippen molar-refractivity contribution in [3.63, 3.8) is 0 Å². The highest BCUT2D eigenvalue weighted by Crippen LogP contribution is 2.19. The van der Waals surface area contributed by atoms with Gasteiger partial charge in [0.05, 0.1) is 12.1 Å². The first-order chi connectivity index (χ1) is 7.13. The van der Waals surface area contributed by atoms with Crippen molar-refractivity contribution in [1.82, 2.24) is 0 Å². The molecule has 7 heteroatoms. The Kier molecular flexibility index (Phi) is 4.36. The molecule has 7 nitrogen and oxygen atoms in total. The predicted octanol–water partition coefficient (Wildman–Crippen LogP) is 0.354. The van der Waals surface area contributed by atoms with E-state index in [0.717, 1.165) is 0 Å². The zero-order valence-corrected chi connectivity index (χ0v) is 8.11. The molecule has 1 aliphatic rings. The van der Waals surface area contributed by atoms with E-state index >= 15 is 0 Å². The van der Waals surface area contributed by atoms with E-state index in [-0.39, 0.29) is 6.61 Å². The lowest BCUT2D eigenvalue weighted by atomic mass is 10.1. The molecule has 0 bridgehead atoms. The highest BCUT2D eigenvalue weighted by atomic mass is 16.6. The molecule has 0 amide bonds. The Bertz CT molecular complexity index is 277. The van der Waals surface area contributed by atoms with Crippen LogP contribution in [0, 0.1) is 12.8 Å². The summed E-state index contributed by atoms with van der Waals surface area (Å²) in [5, 5.41) is 12.7. The van der Waals surface area contributed by atoms with Gasteiger partial charge in [-0.05, 0) is 18.4 Å². The minimum absolute atomic E-state index is 0.0336. The lowest BCUT2D eigenvalue weighted by Crippen LogP contribution is -2.40. The van der Waals surface area contributed by atoms with Crippen LogP contribution in [0.3, 0.4) is 0 Å². The molecule has 1 N–H and O–H groups in total. The smallest absolute Gasteiger partial charge is 0.302 e. The predicted molar refractivity (Wildman–Crippen MR) is 49.0 cm³/mol. The number of hydrogen-bond acceptors (Lipinski definition) is 5. The summed E-state index contributed by atoms with van der Waals surface area (Å²) in [6.07, 6.45) is 1.39. The number of nitrogens with zero attached hydrogens (tertiary/aromatic N) is 3. The molecule has 15 heavy (non-hydrogen) atoms. The van der Waals surface area contributed by atoms with E-state index in [2.05, 4.69) is 10.0 Å². The van der Waals surface area contributed by atoms with Crippen LogP contribution in [0.15, 0.2) is 5.11 Å². The topological polar surface area (TPSA) is 105 Å². The highest BCUT2D eigenvalue weighted by molar-refractivity contribution is 5.65. The van der Waals surface area contributed by atoms with Crippen LogP contribution in [-0.2, 0) is 14.3 Å². The van der Waals surface area contributed by atoms with Gasteiger partial charge in [0.2, 0.25) is 0 Å². The van der Waals surface area contributed by atoms with E-state index in [1.165, 1.54) is 13.3 Å². The van der Waals surface area contributed by atoms with Gasteiger partial charge in [-0.15, -0.1) is 0 Å². The molecule has 0 aromatic carbocycles. The first-order valence-electron chi connectivity index (χ1n) is 4.33. The number of azide groups is 1. The van der Waals surface area contributed by atoms with Crippen molar-refractivity contribution < 1.29 is 19.4 Å². The van der Waals surface area contributed by atoms with Gasteiger partial charge in [-0.3, -0.25) is 4.79 Å². The Labute approximate surface area is 86.6 Å². The summed E-state index contributed by atoms with van der Waals surface area (Å²) in [6.45, 7) is 1.32. The molecule has 1 unspecified atom stereocenters. The zero-order valence-electron chi connectivity index (χ0n) is 8.11. The third kappa shape index (κ3) is 3.75. The van der Waals surface area contributed by atoms with Crippen LogP contribution in [0.25, 0.3) is 10.4 Å². The van der Waals surface area contributed by atoms with Gasteiger partial charge < -0.3 is 14.6 Å². The van der Waals surface area contributed by atoms with E-state index in [1.54, 1.807) is 6.42 Å². The van der Waals surface area contributed by atoms with Crippen molar-refractivity contribution in [1.29, 1.82) is 0 Å². The van der Waals surface area contributed by atoms with Crippen LogP contribution in [0.2, 0.25) is 0 Å². The Hall–Kier alpha value is -1.30. The number of aliphatic hydroxyl groups excluding tert-OH is 1. The molecule has 2 radical (unpaired) electrons. The summed E-state index contributed by atoms with van der Waals surface area (Å²) in [4.78, 5) is 13.1. The quantitative estimate of drug-likeness (QED) is 0.316. The molecule has 0 saturated carbocycles. The molecule has 82 valence electrons. The van der Waals surface area contributed by atoms with Gasteiger partial charge in [0.25, 0.3) is 0 Å². The summed E-state index contributed by atoms with van der Waals surface area (Å²) in [5.41, 5.74) is 8.17.